The third-order valence-electron chi connectivity index (χ3n) is 3.90. The van der Waals surface area contributed by atoms with E-state index in [1.54, 1.807) is 4.90 Å². The summed E-state index contributed by atoms with van der Waals surface area (Å²) in [7, 11) is 0. The van der Waals surface area contributed by atoms with Gasteiger partial charge in [0.2, 0.25) is 0 Å². The molecule has 1 aromatic rings. The van der Waals surface area contributed by atoms with E-state index in [1.807, 2.05) is 72.7 Å². The average molecular weight is 302 g/mol. The van der Waals surface area contributed by atoms with E-state index in [9.17, 15) is 9.59 Å². The lowest BCUT2D eigenvalue weighted by molar-refractivity contribution is -0.131. The Morgan fingerprint density at radius 2 is 1.36 bits per heavy atom. The first-order valence-electron chi connectivity index (χ1n) is 7.68. The maximum Gasteiger partial charge on any atom is 0.328 e. The summed E-state index contributed by atoms with van der Waals surface area (Å²) in [5.74, 6) is -0.142. The number of benzene rings is 1. The van der Waals surface area contributed by atoms with Gasteiger partial charge in [0.25, 0.3) is 5.91 Å². The molecule has 2 rings (SSSR count). The van der Waals surface area contributed by atoms with Gasteiger partial charge in [0.15, 0.2) is 0 Å². The van der Waals surface area contributed by atoms with Gasteiger partial charge in [-0.2, -0.15) is 0 Å². The van der Waals surface area contributed by atoms with Crippen LogP contribution in [0.25, 0.3) is 0 Å². The van der Waals surface area contributed by atoms with Crippen LogP contribution >= 0.6 is 0 Å². The number of aryl methyl sites for hydroxylation is 1. The van der Waals surface area contributed by atoms with E-state index in [0.29, 0.717) is 0 Å². The van der Waals surface area contributed by atoms with E-state index < -0.39 is 17.1 Å². The Labute approximate surface area is 133 Å². The van der Waals surface area contributed by atoms with E-state index in [4.69, 9.17) is 0 Å². The first-order chi connectivity index (χ1) is 9.94. The topological polar surface area (TPSA) is 40.6 Å². The number of rotatable bonds is 1. The normalized spacial score (nSPS) is 20.0. The fourth-order valence-corrected chi connectivity index (χ4v) is 2.88. The van der Waals surface area contributed by atoms with Crippen LogP contribution in [0.4, 0.5) is 4.79 Å². The van der Waals surface area contributed by atoms with Gasteiger partial charge in [-0.25, -0.2) is 4.79 Å². The highest BCUT2D eigenvalue weighted by molar-refractivity contribution is 6.05. The Kier molecular flexibility index (Phi) is 3.84. The summed E-state index contributed by atoms with van der Waals surface area (Å²) in [5.41, 5.74) is 1.04. The number of hydrogen-bond donors (Lipinski definition) is 0. The lowest BCUT2D eigenvalue weighted by Gasteiger charge is -2.36. The Hall–Kier alpha value is -1.84. The molecule has 4 nitrogen and oxygen atoms in total. The van der Waals surface area contributed by atoms with Gasteiger partial charge in [0.1, 0.15) is 6.04 Å². The summed E-state index contributed by atoms with van der Waals surface area (Å²) in [5, 5.41) is 0. The van der Waals surface area contributed by atoms with Crippen molar-refractivity contribution in [2.45, 2.75) is 65.6 Å². The molecular weight excluding hydrogens is 276 g/mol. The number of imide groups is 1. The molecule has 1 atom stereocenters. The molecule has 1 saturated heterocycles. The number of carbonyl (C=O) groups is 2. The molecule has 4 heteroatoms. The first-order valence-corrected chi connectivity index (χ1v) is 7.68. The molecule has 1 unspecified atom stereocenters. The number of carbonyl (C=O) groups excluding carboxylic acids is 2. The van der Waals surface area contributed by atoms with Crippen molar-refractivity contribution in [1.82, 2.24) is 9.80 Å². The maximum absolute atomic E-state index is 13.0. The quantitative estimate of drug-likeness (QED) is 0.738. The second kappa shape index (κ2) is 5.11. The second-order valence-electron chi connectivity index (χ2n) is 7.98. The molecule has 3 amide bonds. The predicted octanol–water partition coefficient (Wildman–Crippen LogP) is 3.90. The number of urea groups is 1. The van der Waals surface area contributed by atoms with Crippen LogP contribution in [0.2, 0.25) is 0 Å². The van der Waals surface area contributed by atoms with Crippen molar-refractivity contribution >= 4 is 11.9 Å². The molecule has 1 aliphatic heterocycles. The third-order valence-corrected chi connectivity index (χ3v) is 3.90. The fourth-order valence-electron chi connectivity index (χ4n) is 2.88. The Morgan fingerprint density at radius 3 is 1.77 bits per heavy atom. The number of amides is 3. The smallest absolute Gasteiger partial charge is 0.303 e. The summed E-state index contributed by atoms with van der Waals surface area (Å²) >= 11 is 0. The summed E-state index contributed by atoms with van der Waals surface area (Å²) in [6, 6.07) is 7.08. The lowest BCUT2D eigenvalue weighted by atomic mass is 9.98. The maximum atomic E-state index is 13.0. The van der Waals surface area contributed by atoms with Crippen molar-refractivity contribution in [3.8, 4) is 0 Å². The highest BCUT2D eigenvalue weighted by Crippen LogP contribution is 2.39. The Morgan fingerprint density at radius 1 is 0.864 bits per heavy atom. The van der Waals surface area contributed by atoms with Crippen LogP contribution in [0.1, 0.15) is 58.7 Å². The molecule has 0 N–H and O–H groups in total. The average Bonchev–Trinajstić information content (AvgIpc) is 2.60. The first kappa shape index (κ1) is 16.5. The zero-order valence-electron chi connectivity index (χ0n) is 14.6. The highest BCUT2D eigenvalue weighted by Gasteiger charge is 2.53. The van der Waals surface area contributed by atoms with Crippen molar-refractivity contribution in [2.75, 3.05) is 0 Å². The summed E-state index contributed by atoms with van der Waals surface area (Å²) in [4.78, 5) is 29.0. The van der Waals surface area contributed by atoms with Crippen LogP contribution in [-0.4, -0.2) is 32.8 Å². The van der Waals surface area contributed by atoms with Crippen LogP contribution in [0.5, 0.6) is 0 Å². The molecule has 0 saturated carbocycles. The SMILES string of the molecule is Cc1ccc(C2C(=O)N(C(C)(C)C)C(=O)N2C(C)(C)C)cc1. The van der Waals surface area contributed by atoms with Gasteiger partial charge in [-0.15, -0.1) is 0 Å². The minimum absolute atomic E-state index is 0.142. The van der Waals surface area contributed by atoms with Crippen molar-refractivity contribution in [1.29, 1.82) is 0 Å². The molecule has 0 bridgehead atoms. The molecular formula is C18H26N2O2. The molecule has 1 heterocycles. The van der Waals surface area contributed by atoms with Gasteiger partial charge in [-0.1, -0.05) is 29.8 Å². The van der Waals surface area contributed by atoms with E-state index in [2.05, 4.69) is 0 Å². The van der Waals surface area contributed by atoms with Gasteiger partial charge in [-0.3, -0.25) is 9.69 Å². The lowest BCUT2D eigenvalue weighted by Crippen LogP contribution is -2.49. The zero-order chi connectivity index (χ0) is 16.9. The van der Waals surface area contributed by atoms with Crippen molar-refractivity contribution in [3.63, 3.8) is 0 Å². The van der Waals surface area contributed by atoms with Gasteiger partial charge < -0.3 is 4.90 Å². The molecule has 0 aromatic heterocycles. The molecule has 22 heavy (non-hydrogen) atoms. The minimum atomic E-state index is -0.549. The Bertz CT molecular complexity index is 591. The fraction of sp³-hybridized carbons (Fsp3) is 0.556. The van der Waals surface area contributed by atoms with Crippen molar-refractivity contribution < 1.29 is 9.59 Å². The summed E-state index contributed by atoms with van der Waals surface area (Å²) in [6.07, 6.45) is 0. The van der Waals surface area contributed by atoms with Crippen molar-refractivity contribution in [2.24, 2.45) is 0 Å². The van der Waals surface area contributed by atoms with E-state index in [0.717, 1.165) is 11.1 Å². The van der Waals surface area contributed by atoms with Crippen LogP contribution in [0.15, 0.2) is 24.3 Å². The standard InChI is InChI=1S/C18H26N2O2/c1-12-8-10-13(11-9-12)14-15(21)20(18(5,6)7)16(22)19(14)17(2,3)4/h8-11,14H,1-7H3. The molecule has 0 spiro atoms. The zero-order valence-corrected chi connectivity index (χ0v) is 14.6. The molecule has 1 aromatic carbocycles. The third kappa shape index (κ3) is 2.74. The highest BCUT2D eigenvalue weighted by atomic mass is 16.2. The van der Waals surface area contributed by atoms with Crippen molar-refractivity contribution in [3.05, 3.63) is 35.4 Å². The van der Waals surface area contributed by atoms with Crippen LogP contribution in [0, 0.1) is 6.92 Å². The van der Waals surface area contributed by atoms with Gasteiger partial charge >= 0.3 is 6.03 Å². The van der Waals surface area contributed by atoms with E-state index in [-0.39, 0.29) is 11.9 Å². The molecule has 120 valence electrons. The van der Waals surface area contributed by atoms with Crippen LogP contribution < -0.4 is 0 Å². The minimum Gasteiger partial charge on any atom is -0.303 e. The van der Waals surface area contributed by atoms with E-state index >= 15 is 0 Å². The molecule has 1 fully saturated rings. The van der Waals surface area contributed by atoms with E-state index in [1.165, 1.54) is 4.90 Å². The number of hydrogen-bond acceptors (Lipinski definition) is 2. The van der Waals surface area contributed by atoms with Crippen LogP contribution in [0.3, 0.4) is 0 Å². The monoisotopic (exact) mass is 302 g/mol. The van der Waals surface area contributed by atoms with Gasteiger partial charge in [-0.05, 0) is 54.0 Å². The Balaban J connectivity index is 2.56. The molecule has 0 aliphatic carbocycles. The second-order valence-corrected chi connectivity index (χ2v) is 7.98. The van der Waals surface area contributed by atoms with Gasteiger partial charge in [0, 0.05) is 11.1 Å². The summed E-state index contributed by atoms with van der Waals surface area (Å²) < 4.78 is 0. The predicted molar refractivity (Wildman–Crippen MR) is 87.5 cm³/mol. The van der Waals surface area contributed by atoms with Crippen LogP contribution in [-0.2, 0) is 4.79 Å². The summed E-state index contributed by atoms with van der Waals surface area (Å²) in [6.45, 7) is 13.6. The molecule has 0 radical (unpaired) electrons. The number of nitrogens with zero attached hydrogens (tertiary/aromatic N) is 2. The molecule has 1 aliphatic rings. The van der Waals surface area contributed by atoms with Gasteiger partial charge in [0.05, 0.1) is 0 Å². The largest absolute Gasteiger partial charge is 0.328 e.